The van der Waals surface area contributed by atoms with Gasteiger partial charge in [0, 0.05) is 0 Å². The molecular formula is C14H28. The Morgan fingerprint density at radius 2 is 1.71 bits per heavy atom. The molecule has 0 aromatic heterocycles. The van der Waals surface area contributed by atoms with E-state index in [1.54, 1.807) is 0 Å². The van der Waals surface area contributed by atoms with E-state index < -0.39 is 0 Å². The third-order valence-corrected chi connectivity index (χ3v) is 4.43. The standard InChI is InChI=1S/C14H28/c1-6-7-8-13-12(5)14(13)9-11(4)10(2)3/h10-14H,6-9H2,1-5H3. The van der Waals surface area contributed by atoms with Gasteiger partial charge in [0.1, 0.15) is 0 Å². The van der Waals surface area contributed by atoms with Crippen molar-refractivity contribution in [3.05, 3.63) is 0 Å². The van der Waals surface area contributed by atoms with E-state index in [-0.39, 0.29) is 0 Å². The van der Waals surface area contributed by atoms with Gasteiger partial charge in [0.2, 0.25) is 0 Å². The van der Waals surface area contributed by atoms with Crippen LogP contribution in [0.2, 0.25) is 0 Å². The Bertz CT molecular complexity index is 159. The lowest BCUT2D eigenvalue weighted by Gasteiger charge is -2.15. The van der Waals surface area contributed by atoms with Gasteiger partial charge >= 0.3 is 0 Å². The van der Waals surface area contributed by atoms with E-state index in [0.717, 1.165) is 29.6 Å². The van der Waals surface area contributed by atoms with Crippen molar-refractivity contribution in [2.24, 2.45) is 29.6 Å². The summed E-state index contributed by atoms with van der Waals surface area (Å²) in [5, 5.41) is 0. The number of rotatable bonds is 6. The van der Waals surface area contributed by atoms with Crippen LogP contribution in [-0.2, 0) is 0 Å². The highest BCUT2D eigenvalue weighted by Crippen LogP contribution is 2.52. The first kappa shape index (κ1) is 12.1. The molecule has 0 bridgehead atoms. The average Bonchev–Trinajstić information content (AvgIpc) is 2.73. The van der Waals surface area contributed by atoms with Crippen LogP contribution in [0.15, 0.2) is 0 Å². The Labute approximate surface area is 90.5 Å². The van der Waals surface area contributed by atoms with Crippen LogP contribution < -0.4 is 0 Å². The van der Waals surface area contributed by atoms with Crippen molar-refractivity contribution < 1.29 is 0 Å². The molecule has 0 aliphatic heterocycles. The van der Waals surface area contributed by atoms with Crippen LogP contribution in [0.1, 0.15) is 60.3 Å². The van der Waals surface area contributed by atoms with E-state index in [4.69, 9.17) is 0 Å². The molecule has 0 radical (unpaired) electrons. The molecule has 0 aromatic carbocycles. The molecule has 1 aliphatic carbocycles. The van der Waals surface area contributed by atoms with E-state index in [1.807, 2.05) is 0 Å². The Kier molecular flexibility index (Phi) is 4.47. The van der Waals surface area contributed by atoms with Crippen LogP contribution in [0.5, 0.6) is 0 Å². The minimum Gasteiger partial charge on any atom is -0.0654 e. The maximum absolute atomic E-state index is 2.46. The van der Waals surface area contributed by atoms with Gasteiger partial charge < -0.3 is 0 Å². The zero-order valence-corrected chi connectivity index (χ0v) is 10.7. The third-order valence-electron chi connectivity index (χ3n) is 4.43. The molecule has 1 rings (SSSR count). The molecule has 1 fully saturated rings. The first-order chi connectivity index (χ1) is 6.57. The summed E-state index contributed by atoms with van der Waals surface area (Å²) >= 11 is 0. The first-order valence-corrected chi connectivity index (χ1v) is 6.57. The van der Waals surface area contributed by atoms with Crippen LogP contribution in [0.3, 0.4) is 0 Å². The summed E-state index contributed by atoms with van der Waals surface area (Å²) in [5.74, 6) is 4.97. The van der Waals surface area contributed by atoms with Crippen molar-refractivity contribution in [3.8, 4) is 0 Å². The van der Waals surface area contributed by atoms with E-state index in [2.05, 4.69) is 34.6 Å². The summed E-state index contributed by atoms with van der Waals surface area (Å²) in [4.78, 5) is 0. The van der Waals surface area contributed by atoms with Crippen LogP contribution in [-0.4, -0.2) is 0 Å². The van der Waals surface area contributed by atoms with Crippen molar-refractivity contribution in [3.63, 3.8) is 0 Å². The smallest absolute Gasteiger partial charge is 0.0352 e. The second-order valence-corrected chi connectivity index (χ2v) is 5.79. The molecule has 0 amide bonds. The minimum absolute atomic E-state index is 0.870. The zero-order valence-electron chi connectivity index (χ0n) is 10.7. The monoisotopic (exact) mass is 196 g/mol. The van der Waals surface area contributed by atoms with Crippen LogP contribution in [0.4, 0.5) is 0 Å². The SMILES string of the molecule is CCCCC1C(C)C1CC(C)C(C)C. The summed E-state index contributed by atoms with van der Waals surface area (Å²) in [7, 11) is 0. The van der Waals surface area contributed by atoms with E-state index in [1.165, 1.54) is 25.7 Å². The molecule has 84 valence electrons. The number of unbranched alkanes of at least 4 members (excludes halogenated alkanes) is 1. The van der Waals surface area contributed by atoms with Gasteiger partial charge in [-0.2, -0.15) is 0 Å². The van der Waals surface area contributed by atoms with E-state index in [0.29, 0.717) is 0 Å². The molecule has 0 saturated heterocycles. The van der Waals surface area contributed by atoms with E-state index in [9.17, 15) is 0 Å². The molecule has 0 nitrogen and oxygen atoms in total. The summed E-state index contributed by atoms with van der Waals surface area (Å²) in [6.45, 7) is 11.9. The minimum atomic E-state index is 0.870. The third kappa shape index (κ3) is 3.00. The van der Waals surface area contributed by atoms with Gasteiger partial charge in [0.15, 0.2) is 0 Å². The van der Waals surface area contributed by atoms with Gasteiger partial charge in [0.25, 0.3) is 0 Å². The molecular weight excluding hydrogens is 168 g/mol. The molecule has 0 N–H and O–H groups in total. The van der Waals surface area contributed by atoms with Gasteiger partial charge in [0.05, 0.1) is 0 Å². The lowest BCUT2D eigenvalue weighted by Crippen LogP contribution is -2.05. The molecule has 1 saturated carbocycles. The summed E-state index contributed by atoms with van der Waals surface area (Å²) in [6.07, 6.45) is 5.79. The molecule has 0 heteroatoms. The predicted molar refractivity (Wildman–Crippen MR) is 64.3 cm³/mol. The highest BCUT2D eigenvalue weighted by Gasteiger charge is 2.45. The number of hydrogen-bond donors (Lipinski definition) is 0. The lowest BCUT2D eigenvalue weighted by molar-refractivity contribution is 0.358. The highest BCUT2D eigenvalue weighted by atomic mass is 14.5. The summed E-state index contributed by atoms with van der Waals surface area (Å²) in [6, 6.07) is 0. The average molecular weight is 196 g/mol. The van der Waals surface area contributed by atoms with Crippen LogP contribution in [0.25, 0.3) is 0 Å². The predicted octanol–water partition coefficient (Wildman–Crippen LogP) is 4.74. The highest BCUT2D eigenvalue weighted by molar-refractivity contribution is 4.94. The fraction of sp³-hybridized carbons (Fsp3) is 1.00. The molecule has 4 atom stereocenters. The van der Waals surface area contributed by atoms with Crippen molar-refractivity contribution >= 4 is 0 Å². The summed E-state index contributed by atoms with van der Waals surface area (Å²) < 4.78 is 0. The summed E-state index contributed by atoms with van der Waals surface area (Å²) in [5.41, 5.74) is 0. The Morgan fingerprint density at radius 1 is 1.07 bits per heavy atom. The maximum atomic E-state index is 2.46. The normalized spacial score (nSPS) is 33.4. The quantitative estimate of drug-likeness (QED) is 0.575. The second kappa shape index (κ2) is 5.19. The topological polar surface area (TPSA) is 0 Å². The first-order valence-electron chi connectivity index (χ1n) is 6.57. The molecule has 0 aromatic rings. The zero-order chi connectivity index (χ0) is 10.7. The van der Waals surface area contributed by atoms with Crippen molar-refractivity contribution in [1.82, 2.24) is 0 Å². The second-order valence-electron chi connectivity index (χ2n) is 5.79. The van der Waals surface area contributed by atoms with Crippen LogP contribution in [0, 0.1) is 29.6 Å². The van der Waals surface area contributed by atoms with E-state index >= 15 is 0 Å². The molecule has 1 aliphatic rings. The molecule has 0 heterocycles. The fourth-order valence-electron chi connectivity index (χ4n) is 2.64. The van der Waals surface area contributed by atoms with Gasteiger partial charge in [-0.05, 0) is 42.4 Å². The number of hydrogen-bond acceptors (Lipinski definition) is 0. The Hall–Kier alpha value is 0. The Balaban J connectivity index is 2.21. The van der Waals surface area contributed by atoms with Crippen LogP contribution >= 0.6 is 0 Å². The molecule has 14 heavy (non-hydrogen) atoms. The van der Waals surface area contributed by atoms with Gasteiger partial charge in [-0.25, -0.2) is 0 Å². The lowest BCUT2D eigenvalue weighted by atomic mass is 9.91. The fourth-order valence-corrected chi connectivity index (χ4v) is 2.64. The maximum Gasteiger partial charge on any atom is -0.0352 e. The molecule has 4 unspecified atom stereocenters. The van der Waals surface area contributed by atoms with Gasteiger partial charge in [-0.15, -0.1) is 0 Å². The largest absolute Gasteiger partial charge is 0.0654 e. The van der Waals surface area contributed by atoms with Crippen molar-refractivity contribution in [2.75, 3.05) is 0 Å². The Morgan fingerprint density at radius 3 is 2.21 bits per heavy atom. The molecule has 0 spiro atoms. The van der Waals surface area contributed by atoms with Gasteiger partial charge in [-0.3, -0.25) is 0 Å². The van der Waals surface area contributed by atoms with Crippen molar-refractivity contribution in [1.29, 1.82) is 0 Å². The van der Waals surface area contributed by atoms with Crippen molar-refractivity contribution in [2.45, 2.75) is 60.3 Å². The van der Waals surface area contributed by atoms with Gasteiger partial charge in [-0.1, -0.05) is 47.5 Å².